The molecular weight excluding hydrogens is 249 g/mol. The summed E-state index contributed by atoms with van der Waals surface area (Å²) in [6.45, 7) is 5.05. The number of rotatable bonds is 5. The second-order valence-corrected chi connectivity index (χ2v) is 5.10. The Morgan fingerprint density at radius 2 is 1.84 bits per heavy atom. The Labute approximate surface area is 111 Å². The first kappa shape index (κ1) is 15.1. The van der Waals surface area contributed by atoms with Gasteiger partial charge in [-0.3, -0.25) is 9.59 Å². The Balaban J connectivity index is 2.79. The number of halogens is 1. The van der Waals surface area contributed by atoms with Crippen LogP contribution in [0.5, 0.6) is 0 Å². The number of nitrogens with one attached hydrogen (secondary N) is 1. The molecule has 0 spiro atoms. The van der Waals surface area contributed by atoms with Crippen molar-refractivity contribution < 1.29 is 19.1 Å². The van der Waals surface area contributed by atoms with Crippen LogP contribution in [0.4, 0.5) is 4.39 Å². The Bertz CT molecular complexity index is 468. The molecule has 0 aromatic heterocycles. The maximum Gasteiger partial charge on any atom is 0.305 e. The van der Waals surface area contributed by atoms with Crippen molar-refractivity contribution in [2.24, 2.45) is 0 Å². The Kier molecular flexibility index (Phi) is 4.64. The van der Waals surface area contributed by atoms with Crippen molar-refractivity contribution in [2.45, 2.75) is 38.6 Å². The number of benzene rings is 1. The molecule has 19 heavy (non-hydrogen) atoms. The van der Waals surface area contributed by atoms with Crippen molar-refractivity contribution in [3.63, 3.8) is 0 Å². The summed E-state index contributed by atoms with van der Waals surface area (Å²) >= 11 is 0. The van der Waals surface area contributed by atoms with Crippen LogP contribution in [0, 0.1) is 5.82 Å². The average Bonchev–Trinajstić information content (AvgIpc) is 2.28. The minimum absolute atomic E-state index is 0.134. The van der Waals surface area contributed by atoms with Crippen molar-refractivity contribution in [1.82, 2.24) is 5.32 Å². The van der Waals surface area contributed by atoms with Gasteiger partial charge in [0.2, 0.25) is 5.91 Å². The Morgan fingerprint density at radius 1 is 1.32 bits per heavy atom. The van der Waals surface area contributed by atoms with E-state index in [1.807, 2.05) is 0 Å². The summed E-state index contributed by atoms with van der Waals surface area (Å²) < 4.78 is 12.9. The smallest absolute Gasteiger partial charge is 0.305 e. The molecule has 0 aliphatic heterocycles. The summed E-state index contributed by atoms with van der Waals surface area (Å²) in [4.78, 5) is 22.7. The monoisotopic (exact) mass is 267 g/mol. The van der Waals surface area contributed by atoms with Crippen LogP contribution in [-0.4, -0.2) is 23.0 Å². The van der Waals surface area contributed by atoms with Crippen molar-refractivity contribution in [3.8, 4) is 0 Å². The summed E-state index contributed by atoms with van der Waals surface area (Å²) in [6, 6.07) is 5.24. The van der Waals surface area contributed by atoms with Crippen LogP contribution in [0.25, 0.3) is 0 Å². The van der Waals surface area contributed by atoms with Gasteiger partial charge < -0.3 is 10.4 Å². The number of amides is 1. The lowest BCUT2D eigenvalue weighted by molar-refractivity contribution is -0.137. The predicted octanol–water partition coefficient (Wildman–Crippen LogP) is 2.08. The molecule has 0 bridgehead atoms. The number of hydrogen-bond acceptors (Lipinski definition) is 2. The highest BCUT2D eigenvalue weighted by Crippen LogP contribution is 2.23. The summed E-state index contributed by atoms with van der Waals surface area (Å²) in [5.41, 5.74) is -0.172. The predicted molar refractivity (Wildman–Crippen MR) is 69.3 cm³/mol. The molecule has 2 N–H and O–H groups in total. The lowest BCUT2D eigenvalue weighted by Crippen LogP contribution is -2.44. The van der Waals surface area contributed by atoms with E-state index in [4.69, 9.17) is 5.11 Å². The minimum Gasteiger partial charge on any atom is -0.481 e. The third-order valence-corrected chi connectivity index (χ3v) is 2.99. The Hall–Kier alpha value is -1.91. The average molecular weight is 267 g/mol. The lowest BCUT2D eigenvalue weighted by atomic mass is 9.83. The van der Waals surface area contributed by atoms with Crippen molar-refractivity contribution >= 4 is 11.9 Å². The summed E-state index contributed by atoms with van der Waals surface area (Å²) in [5, 5.41) is 11.3. The number of carboxylic acids is 1. The number of hydrogen-bond donors (Lipinski definition) is 2. The second-order valence-electron chi connectivity index (χ2n) is 5.10. The molecule has 1 aromatic carbocycles. The molecule has 104 valence electrons. The minimum atomic E-state index is -0.965. The van der Waals surface area contributed by atoms with Crippen LogP contribution in [0.3, 0.4) is 0 Å². The van der Waals surface area contributed by atoms with Gasteiger partial charge in [-0.15, -0.1) is 0 Å². The maximum atomic E-state index is 12.9. The zero-order valence-corrected chi connectivity index (χ0v) is 11.2. The van der Waals surface area contributed by atoms with Gasteiger partial charge in [0.25, 0.3) is 0 Å². The highest BCUT2D eigenvalue weighted by molar-refractivity contribution is 5.87. The van der Waals surface area contributed by atoms with Gasteiger partial charge in [-0.05, 0) is 38.5 Å². The second kappa shape index (κ2) is 5.82. The standard InChI is InChI=1S/C14H18FNO3/c1-9(8-12(17)18)16-13(19)14(2,3)10-4-6-11(15)7-5-10/h4-7,9H,8H2,1-3H3,(H,16,19)(H,17,18). The number of carbonyl (C=O) groups is 2. The first-order valence-corrected chi connectivity index (χ1v) is 6.02. The van der Waals surface area contributed by atoms with Crippen LogP contribution < -0.4 is 5.32 Å². The molecule has 1 rings (SSSR count). The van der Waals surface area contributed by atoms with E-state index in [2.05, 4.69) is 5.32 Å². The SMILES string of the molecule is CC(CC(=O)O)NC(=O)C(C)(C)c1ccc(F)cc1. The molecule has 0 saturated carbocycles. The van der Waals surface area contributed by atoms with Crippen LogP contribution in [0.1, 0.15) is 32.8 Å². The van der Waals surface area contributed by atoms with Gasteiger partial charge in [0.15, 0.2) is 0 Å². The number of carboxylic acid groups (broad SMARTS) is 1. The molecule has 0 radical (unpaired) electrons. The quantitative estimate of drug-likeness (QED) is 0.858. The van der Waals surface area contributed by atoms with Crippen LogP contribution in [0.2, 0.25) is 0 Å². The zero-order valence-electron chi connectivity index (χ0n) is 11.2. The zero-order chi connectivity index (χ0) is 14.6. The first-order valence-electron chi connectivity index (χ1n) is 6.02. The molecule has 0 aliphatic rings. The maximum absolute atomic E-state index is 12.9. The molecule has 5 heteroatoms. The summed E-state index contributed by atoms with van der Waals surface area (Å²) in [6.07, 6.45) is -0.134. The molecule has 1 amide bonds. The van der Waals surface area contributed by atoms with Gasteiger partial charge in [0, 0.05) is 6.04 Å². The molecule has 1 aromatic rings. The van der Waals surface area contributed by atoms with E-state index in [1.54, 1.807) is 32.9 Å². The van der Waals surface area contributed by atoms with E-state index < -0.39 is 17.4 Å². The molecule has 0 saturated heterocycles. The summed E-state index contributed by atoms with van der Waals surface area (Å²) in [7, 11) is 0. The van der Waals surface area contributed by atoms with Crippen LogP contribution in [0.15, 0.2) is 24.3 Å². The van der Waals surface area contributed by atoms with E-state index in [1.165, 1.54) is 12.1 Å². The van der Waals surface area contributed by atoms with Gasteiger partial charge in [0.1, 0.15) is 5.82 Å². The fourth-order valence-corrected chi connectivity index (χ4v) is 1.71. The van der Waals surface area contributed by atoms with Gasteiger partial charge >= 0.3 is 5.97 Å². The van der Waals surface area contributed by atoms with Crippen molar-refractivity contribution in [2.75, 3.05) is 0 Å². The lowest BCUT2D eigenvalue weighted by Gasteiger charge is -2.26. The first-order chi connectivity index (χ1) is 8.73. The molecule has 1 atom stereocenters. The topological polar surface area (TPSA) is 66.4 Å². The number of aliphatic carboxylic acids is 1. The van der Waals surface area contributed by atoms with E-state index in [0.717, 1.165) is 0 Å². The molecule has 0 aliphatic carbocycles. The van der Waals surface area contributed by atoms with Crippen molar-refractivity contribution in [3.05, 3.63) is 35.6 Å². The molecular formula is C14H18FNO3. The van der Waals surface area contributed by atoms with Gasteiger partial charge in [-0.1, -0.05) is 12.1 Å². The Morgan fingerprint density at radius 3 is 2.32 bits per heavy atom. The third kappa shape index (κ3) is 4.05. The van der Waals surface area contributed by atoms with Crippen LogP contribution >= 0.6 is 0 Å². The fraction of sp³-hybridized carbons (Fsp3) is 0.429. The van der Waals surface area contributed by atoms with E-state index in [0.29, 0.717) is 5.56 Å². The number of carbonyl (C=O) groups excluding carboxylic acids is 1. The highest BCUT2D eigenvalue weighted by atomic mass is 19.1. The third-order valence-electron chi connectivity index (χ3n) is 2.99. The molecule has 0 fully saturated rings. The summed E-state index contributed by atoms with van der Waals surface area (Å²) in [5.74, 6) is -1.61. The van der Waals surface area contributed by atoms with Crippen molar-refractivity contribution in [1.29, 1.82) is 0 Å². The highest BCUT2D eigenvalue weighted by Gasteiger charge is 2.30. The normalized spacial score (nSPS) is 12.8. The van der Waals surface area contributed by atoms with E-state index in [-0.39, 0.29) is 18.1 Å². The van der Waals surface area contributed by atoms with Gasteiger partial charge in [-0.2, -0.15) is 0 Å². The fourth-order valence-electron chi connectivity index (χ4n) is 1.71. The van der Waals surface area contributed by atoms with Crippen LogP contribution in [-0.2, 0) is 15.0 Å². The molecule has 1 unspecified atom stereocenters. The van der Waals surface area contributed by atoms with Gasteiger partial charge in [-0.25, -0.2) is 4.39 Å². The van der Waals surface area contributed by atoms with E-state index >= 15 is 0 Å². The van der Waals surface area contributed by atoms with E-state index in [9.17, 15) is 14.0 Å². The largest absolute Gasteiger partial charge is 0.481 e. The molecule has 0 heterocycles. The molecule has 4 nitrogen and oxygen atoms in total. The van der Waals surface area contributed by atoms with Gasteiger partial charge in [0.05, 0.1) is 11.8 Å².